The first-order chi connectivity index (χ1) is 8.75. The van der Waals surface area contributed by atoms with Crippen LogP contribution in [0.25, 0.3) is 11.0 Å². The summed E-state index contributed by atoms with van der Waals surface area (Å²) in [5.41, 5.74) is 0.585. The first-order valence-corrected chi connectivity index (χ1v) is 7.13. The fourth-order valence-electron chi connectivity index (χ4n) is 2.26. The molecule has 1 N–H and O–H groups in total. The van der Waals surface area contributed by atoms with E-state index in [0.29, 0.717) is 20.7 Å². The molecule has 0 aliphatic heterocycles. The van der Waals surface area contributed by atoms with Gasteiger partial charge in [-0.05, 0) is 24.6 Å². The molecule has 0 spiro atoms. The van der Waals surface area contributed by atoms with E-state index in [9.17, 15) is 0 Å². The van der Waals surface area contributed by atoms with E-state index in [1.807, 2.05) is 13.1 Å². The molecule has 1 unspecified atom stereocenters. The topological polar surface area (TPSA) is 25.2 Å². The first-order valence-electron chi connectivity index (χ1n) is 6.00. The van der Waals surface area contributed by atoms with Crippen LogP contribution in [0.3, 0.4) is 0 Å². The van der Waals surface area contributed by atoms with E-state index in [0.717, 1.165) is 11.1 Å². The molecule has 1 heterocycles. The predicted octanol–water partition coefficient (Wildman–Crippen LogP) is 5.70. The molecule has 0 amide bonds. The summed E-state index contributed by atoms with van der Waals surface area (Å²) in [6, 6.07) is 3.57. The van der Waals surface area contributed by atoms with Crippen molar-refractivity contribution in [1.29, 1.82) is 0 Å². The normalized spacial score (nSPS) is 14.1. The van der Waals surface area contributed by atoms with Gasteiger partial charge in [-0.3, -0.25) is 0 Å². The molecule has 1 aromatic carbocycles. The molecule has 0 aliphatic carbocycles. The largest absolute Gasteiger partial charge is 0.458 e. The lowest BCUT2D eigenvalue weighted by molar-refractivity contribution is 0.253. The van der Waals surface area contributed by atoms with E-state index in [2.05, 4.69) is 26.1 Å². The van der Waals surface area contributed by atoms with Gasteiger partial charge in [-0.25, -0.2) is 0 Å². The lowest BCUT2D eigenvalue weighted by Gasteiger charge is -2.28. The Bertz CT molecular complexity index is 613. The van der Waals surface area contributed by atoms with Crippen LogP contribution >= 0.6 is 34.8 Å². The van der Waals surface area contributed by atoms with Gasteiger partial charge in [0, 0.05) is 5.39 Å². The highest BCUT2D eigenvalue weighted by Crippen LogP contribution is 2.41. The van der Waals surface area contributed by atoms with Crippen molar-refractivity contribution in [3.8, 4) is 0 Å². The Morgan fingerprint density at radius 3 is 2.26 bits per heavy atom. The molecule has 2 rings (SSSR count). The van der Waals surface area contributed by atoms with Gasteiger partial charge in [0.25, 0.3) is 0 Å². The fraction of sp³-hybridized carbons (Fsp3) is 0.429. The quantitative estimate of drug-likeness (QED) is 0.718. The van der Waals surface area contributed by atoms with Crippen LogP contribution < -0.4 is 5.32 Å². The van der Waals surface area contributed by atoms with Gasteiger partial charge in [-0.1, -0.05) is 55.6 Å². The number of benzene rings is 1. The van der Waals surface area contributed by atoms with Gasteiger partial charge in [-0.15, -0.1) is 0 Å². The molecule has 2 nitrogen and oxygen atoms in total. The number of hydrogen-bond acceptors (Lipinski definition) is 2. The Labute approximate surface area is 128 Å². The van der Waals surface area contributed by atoms with E-state index in [-0.39, 0.29) is 11.5 Å². The second-order valence-electron chi connectivity index (χ2n) is 5.63. The third-order valence-electron chi connectivity index (χ3n) is 3.11. The van der Waals surface area contributed by atoms with E-state index >= 15 is 0 Å². The number of rotatable bonds is 2. The Hall–Kier alpha value is -0.410. The molecular weight excluding hydrogens is 305 g/mol. The zero-order chi connectivity index (χ0) is 14.4. The van der Waals surface area contributed by atoms with Crippen LogP contribution in [0.15, 0.2) is 16.5 Å². The molecule has 0 fully saturated rings. The maximum atomic E-state index is 6.20. The van der Waals surface area contributed by atoms with Gasteiger partial charge in [0.2, 0.25) is 0 Å². The second-order valence-corrected chi connectivity index (χ2v) is 6.83. The second kappa shape index (κ2) is 5.17. The molecule has 0 radical (unpaired) electrons. The van der Waals surface area contributed by atoms with Crippen LogP contribution in [0.2, 0.25) is 15.1 Å². The van der Waals surface area contributed by atoms with Crippen molar-refractivity contribution >= 4 is 45.8 Å². The van der Waals surface area contributed by atoms with Crippen molar-refractivity contribution in [2.75, 3.05) is 7.05 Å². The monoisotopic (exact) mass is 319 g/mol. The predicted molar refractivity (Wildman–Crippen MR) is 82.5 cm³/mol. The zero-order valence-corrected chi connectivity index (χ0v) is 13.5. The van der Waals surface area contributed by atoms with Crippen LogP contribution in [-0.2, 0) is 0 Å². The SMILES string of the molecule is CNC(c1cc2c(Cl)c(Cl)cc(Cl)c2o1)C(C)(C)C. The van der Waals surface area contributed by atoms with Crippen LogP contribution in [0, 0.1) is 5.41 Å². The smallest absolute Gasteiger partial charge is 0.154 e. The Morgan fingerprint density at radius 2 is 1.74 bits per heavy atom. The molecule has 0 saturated carbocycles. The highest BCUT2D eigenvalue weighted by Gasteiger charge is 2.28. The molecular formula is C14H16Cl3NO. The summed E-state index contributed by atoms with van der Waals surface area (Å²) < 4.78 is 5.88. The fourth-order valence-corrected chi connectivity index (χ4v) is 2.97. The Kier molecular flexibility index (Phi) is 4.08. The minimum Gasteiger partial charge on any atom is -0.458 e. The van der Waals surface area contributed by atoms with Crippen LogP contribution in [0.1, 0.15) is 32.6 Å². The molecule has 0 bridgehead atoms. The van der Waals surface area contributed by atoms with Crippen molar-refractivity contribution < 1.29 is 4.42 Å². The summed E-state index contributed by atoms with van der Waals surface area (Å²) in [6.45, 7) is 6.41. The summed E-state index contributed by atoms with van der Waals surface area (Å²) in [5.74, 6) is 0.802. The van der Waals surface area contributed by atoms with E-state index < -0.39 is 0 Å². The lowest BCUT2D eigenvalue weighted by Crippen LogP contribution is -2.29. The summed E-state index contributed by atoms with van der Waals surface area (Å²) >= 11 is 18.4. The van der Waals surface area contributed by atoms with Crippen molar-refractivity contribution in [3.63, 3.8) is 0 Å². The first kappa shape index (κ1) is 15.0. The average Bonchev–Trinajstić information content (AvgIpc) is 2.70. The van der Waals surface area contributed by atoms with Gasteiger partial charge >= 0.3 is 0 Å². The molecule has 2 aromatic rings. The Morgan fingerprint density at radius 1 is 1.11 bits per heavy atom. The number of halogens is 3. The number of furan rings is 1. The third kappa shape index (κ3) is 2.73. The Balaban J connectivity index is 2.65. The van der Waals surface area contributed by atoms with Gasteiger partial charge in [0.05, 0.1) is 21.1 Å². The van der Waals surface area contributed by atoms with E-state index in [1.165, 1.54) is 0 Å². The van der Waals surface area contributed by atoms with E-state index in [1.54, 1.807) is 6.07 Å². The number of fused-ring (bicyclic) bond motifs is 1. The van der Waals surface area contributed by atoms with Crippen LogP contribution in [0.4, 0.5) is 0 Å². The van der Waals surface area contributed by atoms with Crippen LogP contribution in [-0.4, -0.2) is 7.05 Å². The molecule has 0 saturated heterocycles. The average molecular weight is 321 g/mol. The molecule has 104 valence electrons. The highest BCUT2D eigenvalue weighted by molar-refractivity contribution is 6.47. The standard InChI is InChI=1S/C14H16Cl3NO/c1-14(2,3)13(18-4)10-5-7-11(17)8(15)6-9(16)12(7)19-10/h5-6,13,18H,1-4H3. The van der Waals surface area contributed by atoms with Crippen LogP contribution in [0.5, 0.6) is 0 Å². The minimum absolute atomic E-state index is 0.00533. The van der Waals surface area contributed by atoms with Crippen molar-refractivity contribution in [1.82, 2.24) is 5.32 Å². The number of hydrogen-bond donors (Lipinski definition) is 1. The van der Waals surface area contributed by atoms with Gasteiger partial charge in [0.15, 0.2) is 5.58 Å². The number of nitrogens with one attached hydrogen (secondary N) is 1. The summed E-state index contributed by atoms with van der Waals surface area (Å²) in [7, 11) is 1.90. The van der Waals surface area contributed by atoms with Gasteiger partial charge in [-0.2, -0.15) is 0 Å². The summed E-state index contributed by atoms with van der Waals surface area (Å²) in [6.07, 6.45) is 0. The third-order valence-corrected chi connectivity index (χ3v) is 4.19. The maximum absolute atomic E-state index is 6.20. The van der Waals surface area contributed by atoms with Gasteiger partial charge in [0.1, 0.15) is 5.76 Å². The van der Waals surface area contributed by atoms with E-state index in [4.69, 9.17) is 39.2 Å². The van der Waals surface area contributed by atoms with Crippen molar-refractivity contribution in [2.45, 2.75) is 26.8 Å². The van der Waals surface area contributed by atoms with Crippen molar-refractivity contribution in [2.24, 2.45) is 5.41 Å². The molecule has 0 aliphatic rings. The summed E-state index contributed by atoms with van der Waals surface area (Å²) in [4.78, 5) is 0. The lowest BCUT2D eigenvalue weighted by atomic mass is 9.85. The highest BCUT2D eigenvalue weighted by atomic mass is 35.5. The zero-order valence-electron chi connectivity index (χ0n) is 11.3. The molecule has 1 aromatic heterocycles. The minimum atomic E-state index is 0.00533. The molecule has 5 heteroatoms. The molecule has 19 heavy (non-hydrogen) atoms. The maximum Gasteiger partial charge on any atom is 0.154 e. The van der Waals surface area contributed by atoms with Gasteiger partial charge < -0.3 is 9.73 Å². The van der Waals surface area contributed by atoms with Crippen molar-refractivity contribution in [3.05, 3.63) is 33.0 Å². The molecule has 1 atom stereocenters. The summed E-state index contributed by atoms with van der Waals surface area (Å²) in [5, 5.41) is 5.39.